The average Bonchev–Trinajstić information content (AvgIpc) is 2.96. The van der Waals surface area contributed by atoms with Gasteiger partial charge in [0.05, 0.1) is 0 Å². The Morgan fingerprint density at radius 3 is 1.21 bits per heavy atom. The van der Waals surface area contributed by atoms with E-state index in [9.17, 15) is 85.3 Å². The van der Waals surface area contributed by atoms with Crippen LogP contribution < -0.4 is 37.6 Å². The van der Waals surface area contributed by atoms with E-state index >= 15 is 0 Å². The highest BCUT2D eigenvalue weighted by Crippen LogP contribution is 2.62. The van der Waals surface area contributed by atoms with E-state index in [1.807, 2.05) is 36.4 Å². The van der Waals surface area contributed by atoms with Crippen molar-refractivity contribution >= 4 is 27.9 Å². The fourth-order valence-electron chi connectivity index (χ4n) is 3.41. The van der Waals surface area contributed by atoms with Crippen LogP contribution in [0.1, 0.15) is 0 Å². The highest BCUT2D eigenvalue weighted by Gasteiger charge is 2.93. The number of carbonyl (C=O) groups is 1. The smallest absolute Gasteiger partial charge is 0.460 e. The van der Waals surface area contributed by atoms with Crippen molar-refractivity contribution in [2.75, 3.05) is 0 Å². The lowest BCUT2D eigenvalue weighted by atomic mass is 9.91. The van der Waals surface area contributed by atoms with Crippen LogP contribution in [0.5, 0.6) is 0 Å². The molecule has 0 spiro atoms. The molecule has 2 aromatic carbocycles. The van der Waals surface area contributed by atoms with E-state index < -0.39 is 68.9 Å². The zero-order valence-corrected chi connectivity index (χ0v) is 24.4. The molecule has 0 atom stereocenters. The van der Waals surface area contributed by atoms with Gasteiger partial charge in [-0.3, -0.25) is 0 Å². The molecule has 2 aromatic heterocycles. The zero-order chi connectivity index (χ0) is 36.9. The maximum atomic E-state index is 12.8. The van der Waals surface area contributed by atoms with E-state index in [0.29, 0.717) is 11.2 Å². The molecule has 0 saturated heterocycles. The summed E-state index contributed by atoms with van der Waals surface area (Å²) in [6, 6.07) is 18.2. The number of carboxylic acid groups (broad SMARTS) is 1. The van der Waals surface area contributed by atoms with Crippen molar-refractivity contribution in [3.05, 3.63) is 88.6 Å². The number of rotatable bonds is 8. The molecular weight excluding hydrogens is 820 g/mol. The van der Waals surface area contributed by atoms with Gasteiger partial charge in [-0.15, -0.1) is 0 Å². The van der Waals surface area contributed by atoms with Crippen LogP contribution in [0, 0.1) is 7.14 Å². The first-order valence-corrected chi connectivity index (χ1v) is 14.1. The summed E-state index contributed by atoms with van der Waals surface area (Å²) in [5.41, 5.74) is 0.504. The largest absolute Gasteiger partial charge is 0.544 e. The summed E-state index contributed by atoms with van der Waals surface area (Å²) in [5, 5.41) is 11.4. The quantitative estimate of drug-likeness (QED) is 0.154. The molecule has 0 saturated carbocycles. The Balaban J connectivity index is 0.000000260. The molecule has 0 amide bonds. The molecule has 0 aliphatic heterocycles. The van der Waals surface area contributed by atoms with Crippen molar-refractivity contribution < 1.29 is 106 Å². The number of benzene rings is 2. The summed E-state index contributed by atoms with van der Waals surface area (Å²) in [6.07, 6.45) is -7.71. The Morgan fingerprint density at radius 1 is 0.521 bits per heavy atom. The summed E-state index contributed by atoms with van der Waals surface area (Å²) in [4.78, 5) is 32.3. The Hall–Kier alpha value is -3.99. The second-order valence-electron chi connectivity index (χ2n) is 9.20. The van der Waals surface area contributed by atoms with Gasteiger partial charge in [0.15, 0.2) is 7.14 Å². The van der Waals surface area contributed by atoms with E-state index in [4.69, 9.17) is 8.83 Å². The molecule has 48 heavy (non-hydrogen) atoms. The summed E-state index contributed by atoms with van der Waals surface area (Å²) in [5.74, 6) is -53.3. The third-order valence-corrected chi connectivity index (χ3v) is 8.56. The van der Waals surface area contributed by atoms with Crippen LogP contribution in [0.25, 0.3) is 21.9 Å². The third-order valence-electron chi connectivity index (χ3n) is 5.97. The number of alkyl halides is 15. The van der Waals surface area contributed by atoms with E-state index in [2.05, 4.69) is 0 Å². The first kappa shape index (κ1) is 38.5. The van der Waals surface area contributed by atoms with Crippen LogP contribution in [-0.2, 0) is 4.79 Å². The number of halogens is 16. The van der Waals surface area contributed by atoms with E-state index in [1.165, 1.54) is 12.1 Å². The van der Waals surface area contributed by atoms with Gasteiger partial charge >= 0.3 is 74.2 Å². The molecule has 22 heteroatoms. The molecule has 0 bridgehead atoms. The molecule has 0 fully saturated rings. The lowest BCUT2D eigenvalue weighted by Crippen LogP contribution is -3.61. The molecule has 2 heterocycles. The van der Waals surface area contributed by atoms with Crippen molar-refractivity contribution in [1.29, 1.82) is 0 Å². The van der Waals surface area contributed by atoms with Gasteiger partial charge in [0.2, 0.25) is 0 Å². The minimum absolute atomic E-state index is 0.347. The van der Waals surface area contributed by atoms with E-state index in [-0.39, 0.29) is 11.3 Å². The molecule has 0 N–H and O–H groups in total. The van der Waals surface area contributed by atoms with Gasteiger partial charge in [0.25, 0.3) is 0 Å². The van der Waals surface area contributed by atoms with Crippen molar-refractivity contribution in [3.8, 4) is 0 Å². The predicted molar refractivity (Wildman–Crippen MR) is 123 cm³/mol. The summed E-state index contributed by atoms with van der Waals surface area (Å²) in [7, 11) is 0. The van der Waals surface area contributed by atoms with E-state index in [0.717, 1.165) is 17.9 Å². The molecule has 0 aliphatic carbocycles. The summed E-state index contributed by atoms with van der Waals surface area (Å²) >= 11 is -0.465. The third kappa shape index (κ3) is 6.53. The Labute approximate surface area is 264 Å². The van der Waals surface area contributed by atoms with Crippen LogP contribution in [0.3, 0.4) is 0 Å². The minimum atomic E-state index is -8.50. The molecule has 6 nitrogen and oxygen atoms in total. The Kier molecular flexibility index (Phi) is 9.99. The van der Waals surface area contributed by atoms with Crippen LogP contribution in [0.15, 0.2) is 79.1 Å². The van der Waals surface area contributed by atoms with Gasteiger partial charge in [-0.2, -0.15) is 65.9 Å². The fourth-order valence-corrected chi connectivity index (χ4v) is 5.72. The monoisotopic (exact) mass is 830 g/mol. The highest BCUT2D eigenvalue weighted by molar-refractivity contribution is 5.76. The zero-order valence-electron chi connectivity index (χ0n) is 22.3. The van der Waals surface area contributed by atoms with Gasteiger partial charge in [-0.1, -0.05) is 0 Å². The van der Waals surface area contributed by atoms with Gasteiger partial charge in [-0.25, -0.2) is 9.59 Å². The van der Waals surface area contributed by atoms with Crippen LogP contribution in [0.4, 0.5) is 65.9 Å². The first-order valence-electron chi connectivity index (χ1n) is 11.9. The molecule has 0 unspecified atom stereocenters. The highest BCUT2D eigenvalue weighted by atomic mass is 127. The number of fused-ring (bicyclic) bond motifs is 2. The predicted octanol–water partition coefficient (Wildman–Crippen LogP) is 3.14. The van der Waals surface area contributed by atoms with Crippen molar-refractivity contribution in [1.82, 2.24) is 0 Å². The second kappa shape index (κ2) is 12.5. The van der Waals surface area contributed by atoms with Gasteiger partial charge in [-0.05, 0) is 36.4 Å². The SMILES string of the molecule is O=C([O-])C(F)(F)C(F)(F)C(F)(F)C(F)(F)C(F)(F)C(F)(F)C(F)(F)F.O=c1ccc2ccc([I+]c3ccc4ccc(=O)oc4c3)cc2o1. The van der Waals surface area contributed by atoms with Crippen LogP contribution in [0.2, 0.25) is 0 Å². The molecule has 4 rings (SSSR count). The first-order chi connectivity index (χ1) is 21.6. The maximum Gasteiger partial charge on any atom is 0.460 e. The molecule has 0 radical (unpaired) electrons. The topological polar surface area (TPSA) is 101 Å². The number of hydrogen-bond acceptors (Lipinski definition) is 6. The van der Waals surface area contributed by atoms with Crippen molar-refractivity contribution in [3.63, 3.8) is 0 Å². The maximum absolute atomic E-state index is 12.8. The fraction of sp³-hybridized carbons (Fsp3) is 0.269. The summed E-state index contributed by atoms with van der Waals surface area (Å²) in [6.45, 7) is 0. The van der Waals surface area contributed by atoms with Crippen molar-refractivity contribution in [2.24, 2.45) is 0 Å². The molecule has 4 aromatic rings. The number of hydrogen-bond donors (Lipinski definition) is 0. The lowest BCUT2D eigenvalue weighted by Gasteiger charge is -2.41. The number of carboxylic acids is 1. The molecule has 0 aliphatic rings. The summed E-state index contributed by atoms with van der Waals surface area (Å²) < 4.78 is 199. The van der Waals surface area contributed by atoms with Gasteiger partial charge < -0.3 is 18.7 Å². The average molecular weight is 830 g/mol. The van der Waals surface area contributed by atoms with Gasteiger partial charge in [0, 0.05) is 35.0 Å². The standard InChI is InChI=1S/C18H10IO4.C8HF15O2/c20-17-7-3-11-1-5-13(9-15(11)22-17)19-14-6-2-12-4-8-18(21)23-16(12)10-14;9-2(10,1(24)25)3(11,12)4(13,14)5(15,16)6(17,18)7(19,20)8(21,22)23/h1-10H;(H,24,25)/q+1;/p-1. The normalized spacial score (nSPS) is 13.7. The molecule has 262 valence electrons. The number of aliphatic carboxylic acids is 1. The Bertz CT molecular complexity index is 1860. The van der Waals surface area contributed by atoms with E-state index in [1.54, 1.807) is 12.1 Å². The van der Waals surface area contributed by atoms with Crippen LogP contribution in [-0.4, -0.2) is 47.7 Å². The van der Waals surface area contributed by atoms with Crippen LogP contribution >= 0.6 is 0 Å². The molecular formula is C26H10F15IO6. The van der Waals surface area contributed by atoms with Gasteiger partial charge in [0.1, 0.15) is 17.1 Å². The number of carbonyl (C=O) groups excluding carboxylic acids is 1. The lowest BCUT2D eigenvalue weighted by molar-refractivity contribution is -0.597. The minimum Gasteiger partial charge on any atom is -0.544 e. The Morgan fingerprint density at radius 2 is 0.854 bits per heavy atom. The second-order valence-corrected chi connectivity index (χ2v) is 12.2. The van der Waals surface area contributed by atoms with Crippen molar-refractivity contribution in [2.45, 2.75) is 41.7 Å².